The van der Waals surface area contributed by atoms with E-state index in [0.29, 0.717) is 29.3 Å². The molecule has 0 saturated heterocycles. The van der Waals surface area contributed by atoms with Gasteiger partial charge in [0.2, 0.25) is 0 Å². The smallest absolute Gasteiger partial charge is 0.336 e. The standard InChI is InChI=1S/C20H19ClFNO2/c1-3-13-7-8-15-14(10-20(24)25-19(15)9-13)11-23(2)12-16-17(21)5-4-6-18(16)22/h4-10H,3,11-12H2,1-2H3. The summed E-state index contributed by atoms with van der Waals surface area (Å²) in [5.74, 6) is -0.329. The first-order valence-electron chi connectivity index (χ1n) is 8.15. The van der Waals surface area contributed by atoms with E-state index < -0.39 is 0 Å². The molecule has 0 spiro atoms. The molecule has 3 rings (SSSR count). The van der Waals surface area contributed by atoms with Crippen LogP contribution in [0.4, 0.5) is 4.39 Å². The maximum Gasteiger partial charge on any atom is 0.336 e. The molecule has 0 aliphatic rings. The average molecular weight is 360 g/mol. The summed E-state index contributed by atoms with van der Waals surface area (Å²) >= 11 is 6.10. The van der Waals surface area contributed by atoms with Crippen molar-refractivity contribution in [2.45, 2.75) is 26.4 Å². The molecule has 1 aromatic heterocycles. The van der Waals surface area contributed by atoms with E-state index in [-0.39, 0.29) is 11.4 Å². The molecular weight excluding hydrogens is 341 g/mol. The van der Waals surface area contributed by atoms with E-state index in [9.17, 15) is 9.18 Å². The first-order valence-corrected chi connectivity index (χ1v) is 8.53. The van der Waals surface area contributed by atoms with Crippen LogP contribution in [-0.4, -0.2) is 11.9 Å². The monoisotopic (exact) mass is 359 g/mol. The Bertz CT molecular complexity index is 947. The maximum atomic E-state index is 14.0. The summed E-state index contributed by atoms with van der Waals surface area (Å²) in [5, 5.41) is 1.29. The second kappa shape index (κ2) is 7.38. The summed E-state index contributed by atoms with van der Waals surface area (Å²) in [4.78, 5) is 13.8. The van der Waals surface area contributed by atoms with Crippen LogP contribution in [0.15, 0.2) is 51.7 Å². The van der Waals surface area contributed by atoms with E-state index in [2.05, 4.69) is 6.92 Å². The number of aryl methyl sites for hydroxylation is 1. The zero-order valence-electron chi connectivity index (χ0n) is 14.2. The van der Waals surface area contributed by atoms with Gasteiger partial charge in [0.05, 0.1) is 0 Å². The molecule has 0 bridgehead atoms. The van der Waals surface area contributed by atoms with E-state index in [1.54, 1.807) is 12.1 Å². The van der Waals surface area contributed by atoms with Crippen molar-refractivity contribution in [2.75, 3.05) is 7.05 Å². The lowest BCUT2D eigenvalue weighted by Crippen LogP contribution is -2.19. The Morgan fingerprint density at radius 1 is 1.16 bits per heavy atom. The van der Waals surface area contributed by atoms with Gasteiger partial charge in [0.25, 0.3) is 0 Å². The van der Waals surface area contributed by atoms with Crippen LogP contribution in [0.3, 0.4) is 0 Å². The summed E-state index contributed by atoms with van der Waals surface area (Å²) in [6, 6.07) is 12.0. The fourth-order valence-corrected chi connectivity index (χ4v) is 3.15. The van der Waals surface area contributed by atoms with E-state index in [1.165, 1.54) is 12.1 Å². The highest BCUT2D eigenvalue weighted by molar-refractivity contribution is 6.31. The van der Waals surface area contributed by atoms with Gasteiger partial charge < -0.3 is 4.42 Å². The van der Waals surface area contributed by atoms with Gasteiger partial charge in [-0.1, -0.05) is 36.7 Å². The van der Waals surface area contributed by atoms with Crippen molar-refractivity contribution in [1.82, 2.24) is 4.90 Å². The zero-order chi connectivity index (χ0) is 18.0. The van der Waals surface area contributed by atoms with Gasteiger partial charge in [-0.3, -0.25) is 4.90 Å². The van der Waals surface area contributed by atoms with Crippen molar-refractivity contribution in [2.24, 2.45) is 0 Å². The lowest BCUT2D eigenvalue weighted by molar-refractivity contribution is 0.314. The second-order valence-electron chi connectivity index (χ2n) is 6.15. The first-order chi connectivity index (χ1) is 12.0. The molecule has 3 nitrogen and oxygen atoms in total. The Kier molecular flexibility index (Phi) is 5.21. The summed E-state index contributed by atoms with van der Waals surface area (Å²) in [5.41, 5.74) is 2.61. The number of rotatable bonds is 5. The Morgan fingerprint density at radius 2 is 1.96 bits per heavy atom. The number of halogens is 2. The van der Waals surface area contributed by atoms with Crippen molar-refractivity contribution in [1.29, 1.82) is 0 Å². The molecule has 0 amide bonds. The van der Waals surface area contributed by atoms with Crippen molar-refractivity contribution in [3.63, 3.8) is 0 Å². The fraction of sp³-hybridized carbons (Fsp3) is 0.250. The van der Waals surface area contributed by atoms with Crippen LogP contribution < -0.4 is 5.63 Å². The van der Waals surface area contributed by atoms with Gasteiger partial charge in [-0.25, -0.2) is 9.18 Å². The van der Waals surface area contributed by atoms with E-state index in [0.717, 1.165) is 22.9 Å². The van der Waals surface area contributed by atoms with Gasteiger partial charge >= 0.3 is 5.63 Å². The van der Waals surface area contributed by atoms with Crippen molar-refractivity contribution in [3.8, 4) is 0 Å². The van der Waals surface area contributed by atoms with Crippen LogP contribution in [0.25, 0.3) is 11.0 Å². The van der Waals surface area contributed by atoms with E-state index in [1.807, 2.05) is 30.1 Å². The average Bonchev–Trinajstić information content (AvgIpc) is 2.57. The Balaban J connectivity index is 1.91. The molecule has 0 atom stereocenters. The summed E-state index contributed by atoms with van der Waals surface area (Å²) < 4.78 is 19.3. The molecule has 0 aliphatic heterocycles. The highest BCUT2D eigenvalue weighted by Crippen LogP contribution is 2.23. The second-order valence-corrected chi connectivity index (χ2v) is 6.55. The molecule has 130 valence electrons. The third-order valence-corrected chi connectivity index (χ3v) is 4.59. The Labute approximate surface area is 150 Å². The fourth-order valence-electron chi connectivity index (χ4n) is 2.93. The van der Waals surface area contributed by atoms with Crippen LogP contribution in [0.5, 0.6) is 0 Å². The number of benzene rings is 2. The van der Waals surface area contributed by atoms with Gasteiger partial charge in [0.1, 0.15) is 11.4 Å². The molecule has 0 N–H and O–H groups in total. The summed E-state index contributed by atoms with van der Waals surface area (Å²) in [6.07, 6.45) is 0.871. The molecule has 5 heteroatoms. The normalized spacial score (nSPS) is 11.4. The molecule has 0 unspecified atom stereocenters. The predicted molar refractivity (Wildman–Crippen MR) is 98.4 cm³/mol. The predicted octanol–water partition coefficient (Wildman–Crippen LogP) is 4.78. The van der Waals surface area contributed by atoms with E-state index in [4.69, 9.17) is 16.0 Å². The van der Waals surface area contributed by atoms with Gasteiger partial charge in [0.15, 0.2) is 0 Å². The number of fused-ring (bicyclic) bond motifs is 1. The van der Waals surface area contributed by atoms with Gasteiger partial charge in [-0.2, -0.15) is 0 Å². The van der Waals surface area contributed by atoms with Gasteiger partial charge in [-0.15, -0.1) is 0 Å². The van der Waals surface area contributed by atoms with Crippen molar-refractivity contribution < 1.29 is 8.81 Å². The Hall–Kier alpha value is -2.17. The quantitative estimate of drug-likeness (QED) is 0.615. The van der Waals surface area contributed by atoms with Crippen molar-refractivity contribution >= 4 is 22.6 Å². The lowest BCUT2D eigenvalue weighted by Gasteiger charge is -2.19. The molecule has 0 aliphatic carbocycles. The van der Waals surface area contributed by atoms with Crippen LogP contribution in [0.2, 0.25) is 5.02 Å². The zero-order valence-corrected chi connectivity index (χ0v) is 14.9. The molecule has 25 heavy (non-hydrogen) atoms. The topological polar surface area (TPSA) is 33.5 Å². The first kappa shape index (κ1) is 17.6. The lowest BCUT2D eigenvalue weighted by atomic mass is 10.1. The largest absolute Gasteiger partial charge is 0.423 e. The highest BCUT2D eigenvalue weighted by atomic mass is 35.5. The molecular formula is C20H19ClFNO2. The third-order valence-electron chi connectivity index (χ3n) is 4.23. The minimum absolute atomic E-state index is 0.329. The minimum atomic E-state index is -0.381. The van der Waals surface area contributed by atoms with Crippen LogP contribution in [0, 0.1) is 5.82 Å². The maximum absolute atomic E-state index is 14.0. The molecule has 0 radical (unpaired) electrons. The van der Waals surface area contributed by atoms with E-state index >= 15 is 0 Å². The van der Waals surface area contributed by atoms with Gasteiger partial charge in [0, 0.05) is 35.1 Å². The number of nitrogens with zero attached hydrogens (tertiary/aromatic N) is 1. The Morgan fingerprint density at radius 3 is 2.68 bits per heavy atom. The summed E-state index contributed by atoms with van der Waals surface area (Å²) in [6.45, 7) is 2.88. The molecule has 0 fully saturated rings. The third kappa shape index (κ3) is 3.91. The van der Waals surface area contributed by atoms with Crippen LogP contribution in [0.1, 0.15) is 23.6 Å². The minimum Gasteiger partial charge on any atom is -0.423 e. The highest BCUT2D eigenvalue weighted by Gasteiger charge is 2.13. The van der Waals surface area contributed by atoms with Gasteiger partial charge in [-0.05, 0) is 42.8 Å². The molecule has 1 heterocycles. The van der Waals surface area contributed by atoms with Crippen LogP contribution in [-0.2, 0) is 19.5 Å². The van der Waals surface area contributed by atoms with Crippen molar-refractivity contribution in [3.05, 3.63) is 80.4 Å². The molecule has 0 saturated carbocycles. The molecule has 3 aromatic rings. The summed E-state index contributed by atoms with van der Waals surface area (Å²) in [7, 11) is 1.86. The number of hydrogen-bond acceptors (Lipinski definition) is 3. The molecule has 2 aromatic carbocycles. The number of hydrogen-bond donors (Lipinski definition) is 0. The SMILES string of the molecule is CCc1ccc2c(CN(C)Cc3c(F)cccc3Cl)cc(=O)oc2c1. The van der Waals surface area contributed by atoms with Crippen LogP contribution >= 0.6 is 11.6 Å².